The smallest absolute Gasteiger partial charge is 0.241 e. The van der Waals surface area contributed by atoms with Crippen LogP contribution in [0.15, 0.2) is 12.1 Å². The van der Waals surface area contributed by atoms with Crippen LogP contribution >= 0.6 is 0 Å². The molecule has 0 spiro atoms. The number of anilines is 1. The quantitative estimate of drug-likeness (QED) is 0.859. The second kappa shape index (κ2) is 6.57. The summed E-state index contributed by atoms with van der Waals surface area (Å²) in [6.07, 6.45) is 0.880. The Labute approximate surface area is 115 Å². The average Bonchev–Trinajstić information content (AvgIpc) is 2.40. The molecule has 19 heavy (non-hydrogen) atoms. The van der Waals surface area contributed by atoms with Crippen LogP contribution < -0.4 is 15.8 Å². The molecule has 0 bridgehead atoms. The van der Waals surface area contributed by atoms with Crippen molar-refractivity contribution in [1.29, 1.82) is 0 Å². The molecule has 1 amide bonds. The molecular formula is C15H24N2O2. The lowest BCUT2D eigenvalue weighted by molar-refractivity contribution is -0.118. The largest absolute Gasteiger partial charge is 0.496 e. The summed E-state index contributed by atoms with van der Waals surface area (Å²) >= 11 is 0. The van der Waals surface area contributed by atoms with Gasteiger partial charge in [-0.1, -0.05) is 26.3 Å². The number of aryl methyl sites for hydroxylation is 1. The van der Waals surface area contributed by atoms with Gasteiger partial charge in [-0.15, -0.1) is 0 Å². The van der Waals surface area contributed by atoms with Crippen LogP contribution in [0, 0.1) is 19.8 Å². The molecule has 0 aromatic heterocycles. The van der Waals surface area contributed by atoms with E-state index >= 15 is 0 Å². The number of hydrogen-bond acceptors (Lipinski definition) is 3. The van der Waals surface area contributed by atoms with Crippen molar-refractivity contribution in [3.63, 3.8) is 0 Å². The lowest BCUT2D eigenvalue weighted by atomic mass is 9.99. The molecule has 3 N–H and O–H groups in total. The highest BCUT2D eigenvalue weighted by molar-refractivity contribution is 5.95. The molecule has 0 radical (unpaired) electrons. The van der Waals surface area contributed by atoms with E-state index in [2.05, 4.69) is 5.32 Å². The van der Waals surface area contributed by atoms with Crippen molar-refractivity contribution in [2.75, 3.05) is 12.4 Å². The number of nitrogens with two attached hydrogens (primary N) is 1. The molecule has 0 saturated carbocycles. The zero-order valence-electron chi connectivity index (χ0n) is 12.4. The summed E-state index contributed by atoms with van der Waals surface area (Å²) in [5.74, 6) is 0.811. The van der Waals surface area contributed by atoms with E-state index in [4.69, 9.17) is 10.5 Å². The molecule has 106 valence electrons. The molecule has 2 atom stereocenters. The summed E-state index contributed by atoms with van der Waals surface area (Å²) in [6, 6.07) is 3.32. The van der Waals surface area contributed by atoms with E-state index in [0.717, 1.165) is 29.0 Å². The van der Waals surface area contributed by atoms with Crippen molar-refractivity contribution < 1.29 is 9.53 Å². The fraction of sp³-hybridized carbons (Fsp3) is 0.533. The van der Waals surface area contributed by atoms with E-state index in [1.807, 2.05) is 39.8 Å². The zero-order valence-corrected chi connectivity index (χ0v) is 12.4. The summed E-state index contributed by atoms with van der Waals surface area (Å²) in [7, 11) is 1.63. The Morgan fingerprint density at radius 3 is 2.58 bits per heavy atom. The van der Waals surface area contributed by atoms with Gasteiger partial charge in [0.1, 0.15) is 5.75 Å². The zero-order chi connectivity index (χ0) is 14.6. The maximum absolute atomic E-state index is 12.1. The Morgan fingerprint density at radius 2 is 2.05 bits per heavy atom. The van der Waals surface area contributed by atoms with Gasteiger partial charge in [-0.25, -0.2) is 0 Å². The summed E-state index contributed by atoms with van der Waals surface area (Å²) < 4.78 is 5.34. The number of carbonyl (C=O) groups excluding carboxylic acids is 1. The number of ether oxygens (including phenoxy) is 1. The Morgan fingerprint density at radius 1 is 1.42 bits per heavy atom. The Bertz CT molecular complexity index is 458. The summed E-state index contributed by atoms with van der Waals surface area (Å²) in [5.41, 5.74) is 8.65. The van der Waals surface area contributed by atoms with E-state index in [1.165, 1.54) is 0 Å². The van der Waals surface area contributed by atoms with Crippen LogP contribution in [-0.4, -0.2) is 19.1 Å². The highest BCUT2D eigenvalue weighted by atomic mass is 16.5. The first-order valence-electron chi connectivity index (χ1n) is 6.63. The van der Waals surface area contributed by atoms with Crippen molar-refractivity contribution >= 4 is 11.6 Å². The van der Waals surface area contributed by atoms with Crippen LogP contribution in [0.1, 0.15) is 31.4 Å². The van der Waals surface area contributed by atoms with Crippen molar-refractivity contribution in [2.45, 2.75) is 40.2 Å². The van der Waals surface area contributed by atoms with Crippen LogP contribution in [0.3, 0.4) is 0 Å². The maximum Gasteiger partial charge on any atom is 0.241 e. The SMILES string of the molecule is CC[C@H](C)[C@H](N)C(=O)Nc1ccc(C)c(OC)c1C. The molecule has 4 heteroatoms. The van der Waals surface area contributed by atoms with Gasteiger partial charge in [0.25, 0.3) is 0 Å². The lowest BCUT2D eigenvalue weighted by Crippen LogP contribution is -2.40. The van der Waals surface area contributed by atoms with Gasteiger partial charge in [-0.05, 0) is 31.4 Å². The molecule has 0 unspecified atom stereocenters. The van der Waals surface area contributed by atoms with E-state index in [9.17, 15) is 4.79 Å². The van der Waals surface area contributed by atoms with Crippen LogP contribution in [0.2, 0.25) is 0 Å². The topological polar surface area (TPSA) is 64.4 Å². The molecule has 0 fully saturated rings. The van der Waals surface area contributed by atoms with Crippen LogP contribution in [0.4, 0.5) is 5.69 Å². The normalized spacial score (nSPS) is 13.8. The van der Waals surface area contributed by atoms with Crippen molar-refractivity contribution in [3.05, 3.63) is 23.3 Å². The van der Waals surface area contributed by atoms with Crippen molar-refractivity contribution in [3.8, 4) is 5.75 Å². The van der Waals surface area contributed by atoms with Crippen molar-refractivity contribution in [2.24, 2.45) is 11.7 Å². The first-order chi connectivity index (χ1) is 8.92. The molecule has 1 rings (SSSR count). The molecule has 0 heterocycles. The van der Waals surface area contributed by atoms with Gasteiger partial charge in [0, 0.05) is 11.3 Å². The third-order valence-corrected chi connectivity index (χ3v) is 3.62. The van der Waals surface area contributed by atoms with Crippen LogP contribution in [-0.2, 0) is 4.79 Å². The maximum atomic E-state index is 12.1. The van der Waals surface area contributed by atoms with E-state index < -0.39 is 6.04 Å². The Balaban J connectivity index is 2.92. The van der Waals surface area contributed by atoms with Gasteiger partial charge in [-0.3, -0.25) is 4.79 Å². The standard InChI is InChI=1S/C15H24N2O2/c1-6-9(2)13(16)15(18)17-12-8-7-10(3)14(19-5)11(12)4/h7-9,13H,6,16H2,1-5H3,(H,17,18)/t9-,13-/m0/s1. The fourth-order valence-electron chi connectivity index (χ4n) is 2.00. The number of amides is 1. The number of nitrogens with one attached hydrogen (secondary N) is 1. The molecule has 4 nitrogen and oxygen atoms in total. The van der Waals surface area contributed by atoms with Gasteiger partial charge in [0.15, 0.2) is 0 Å². The number of benzene rings is 1. The van der Waals surface area contributed by atoms with Crippen LogP contribution in [0.5, 0.6) is 5.75 Å². The molecule has 0 saturated heterocycles. The highest BCUT2D eigenvalue weighted by Gasteiger charge is 2.20. The fourth-order valence-corrected chi connectivity index (χ4v) is 2.00. The molecule has 0 aliphatic rings. The summed E-state index contributed by atoms with van der Waals surface area (Å²) in [6.45, 7) is 7.91. The van der Waals surface area contributed by atoms with Gasteiger partial charge < -0.3 is 15.8 Å². The average molecular weight is 264 g/mol. The Hall–Kier alpha value is -1.55. The molecule has 0 aliphatic carbocycles. The molecule has 1 aromatic rings. The lowest BCUT2D eigenvalue weighted by Gasteiger charge is -2.19. The number of hydrogen-bond donors (Lipinski definition) is 2. The minimum absolute atomic E-state index is 0.150. The van der Waals surface area contributed by atoms with E-state index in [-0.39, 0.29) is 11.8 Å². The molecule has 1 aromatic carbocycles. The first kappa shape index (κ1) is 15.5. The third kappa shape index (κ3) is 3.47. The second-order valence-corrected chi connectivity index (χ2v) is 4.99. The summed E-state index contributed by atoms with van der Waals surface area (Å²) in [5, 5.41) is 2.88. The predicted octanol–water partition coefficient (Wildman–Crippen LogP) is 2.62. The van der Waals surface area contributed by atoms with Crippen LogP contribution in [0.25, 0.3) is 0 Å². The van der Waals surface area contributed by atoms with Crippen molar-refractivity contribution in [1.82, 2.24) is 0 Å². The number of carbonyl (C=O) groups is 1. The van der Waals surface area contributed by atoms with Gasteiger partial charge in [-0.2, -0.15) is 0 Å². The van der Waals surface area contributed by atoms with E-state index in [0.29, 0.717) is 0 Å². The first-order valence-corrected chi connectivity index (χ1v) is 6.63. The number of methoxy groups -OCH3 is 1. The molecule has 0 aliphatic heterocycles. The van der Waals surface area contributed by atoms with Gasteiger partial charge >= 0.3 is 0 Å². The predicted molar refractivity (Wildman–Crippen MR) is 78.5 cm³/mol. The number of rotatable bonds is 5. The summed E-state index contributed by atoms with van der Waals surface area (Å²) in [4.78, 5) is 12.1. The van der Waals surface area contributed by atoms with Gasteiger partial charge in [0.2, 0.25) is 5.91 Å². The second-order valence-electron chi connectivity index (χ2n) is 4.99. The van der Waals surface area contributed by atoms with E-state index in [1.54, 1.807) is 7.11 Å². The third-order valence-electron chi connectivity index (χ3n) is 3.62. The monoisotopic (exact) mass is 264 g/mol. The van der Waals surface area contributed by atoms with Gasteiger partial charge in [0.05, 0.1) is 13.2 Å². The minimum atomic E-state index is -0.489. The highest BCUT2D eigenvalue weighted by Crippen LogP contribution is 2.29. The molecular weight excluding hydrogens is 240 g/mol. The minimum Gasteiger partial charge on any atom is -0.496 e. The Kier molecular flexibility index (Phi) is 5.36.